The fraction of sp³-hybridized carbons (Fsp3) is 0.286. The van der Waals surface area contributed by atoms with E-state index in [2.05, 4.69) is 0 Å². The van der Waals surface area contributed by atoms with Crippen molar-refractivity contribution in [3.63, 3.8) is 0 Å². The number of nitrogens with zero attached hydrogens (tertiary/aromatic N) is 2. The van der Waals surface area contributed by atoms with Gasteiger partial charge in [-0.3, -0.25) is 14.4 Å². The summed E-state index contributed by atoms with van der Waals surface area (Å²) in [6, 6.07) is 16.3. The quantitative estimate of drug-likeness (QED) is 0.779. The molecular weight excluding hydrogens is 328 g/mol. The third-order valence-corrected chi connectivity index (χ3v) is 4.68. The summed E-state index contributed by atoms with van der Waals surface area (Å²) in [5.41, 5.74) is 2.70. The highest BCUT2D eigenvalue weighted by Gasteiger charge is 2.43. The van der Waals surface area contributed by atoms with Crippen LogP contribution in [-0.4, -0.2) is 35.2 Å². The van der Waals surface area contributed by atoms with Gasteiger partial charge in [-0.1, -0.05) is 48.0 Å². The molecule has 3 rings (SSSR count). The van der Waals surface area contributed by atoms with Crippen molar-refractivity contribution >= 4 is 23.4 Å². The lowest BCUT2D eigenvalue weighted by Crippen LogP contribution is -2.45. The van der Waals surface area contributed by atoms with Crippen LogP contribution in [0, 0.1) is 6.92 Å². The van der Waals surface area contributed by atoms with Gasteiger partial charge in [-0.05, 0) is 31.0 Å². The Kier molecular flexibility index (Phi) is 5.16. The second-order valence-corrected chi connectivity index (χ2v) is 6.57. The lowest BCUT2D eigenvalue weighted by molar-refractivity contribution is -0.136. The molecule has 5 heteroatoms. The van der Waals surface area contributed by atoms with Crippen LogP contribution in [0.2, 0.25) is 0 Å². The van der Waals surface area contributed by atoms with E-state index in [1.165, 1.54) is 16.7 Å². The molecule has 0 radical (unpaired) electrons. The number of anilines is 1. The van der Waals surface area contributed by atoms with E-state index in [0.29, 0.717) is 18.7 Å². The number of carbonyl (C=O) groups excluding carboxylic acids is 3. The zero-order valence-corrected chi connectivity index (χ0v) is 15.0. The summed E-state index contributed by atoms with van der Waals surface area (Å²) in [6.07, 6.45) is 0.671. The molecule has 0 bridgehead atoms. The highest BCUT2D eigenvalue weighted by Crippen LogP contribution is 2.26. The molecule has 1 heterocycles. The van der Waals surface area contributed by atoms with Crippen molar-refractivity contribution in [2.24, 2.45) is 0 Å². The summed E-state index contributed by atoms with van der Waals surface area (Å²) in [5, 5.41) is 0. The Balaban J connectivity index is 1.77. The van der Waals surface area contributed by atoms with Gasteiger partial charge in [0.1, 0.15) is 6.04 Å². The minimum atomic E-state index is -0.731. The topological polar surface area (TPSA) is 57.7 Å². The van der Waals surface area contributed by atoms with Crippen molar-refractivity contribution in [3.8, 4) is 0 Å². The predicted molar refractivity (Wildman–Crippen MR) is 99.6 cm³/mol. The van der Waals surface area contributed by atoms with E-state index in [1.54, 1.807) is 12.1 Å². The van der Waals surface area contributed by atoms with Crippen LogP contribution in [0.4, 0.5) is 5.69 Å². The highest BCUT2D eigenvalue weighted by atomic mass is 16.2. The maximum Gasteiger partial charge on any atom is 0.257 e. The molecule has 3 amide bonds. The molecule has 1 saturated heterocycles. The molecule has 2 aromatic carbocycles. The molecule has 1 aliphatic rings. The van der Waals surface area contributed by atoms with Gasteiger partial charge in [-0.2, -0.15) is 0 Å². The molecule has 0 aromatic heterocycles. The van der Waals surface area contributed by atoms with E-state index < -0.39 is 6.04 Å². The Morgan fingerprint density at radius 2 is 1.73 bits per heavy atom. The molecule has 134 valence electrons. The first-order valence-corrected chi connectivity index (χ1v) is 8.72. The first-order chi connectivity index (χ1) is 12.5. The first-order valence-electron chi connectivity index (χ1n) is 8.72. The van der Waals surface area contributed by atoms with Crippen LogP contribution in [0.25, 0.3) is 0 Å². The molecule has 2 aromatic rings. The van der Waals surface area contributed by atoms with Crippen molar-refractivity contribution in [2.75, 3.05) is 11.4 Å². The third-order valence-electron chi connectivity index (χ3n) is 4.68. The Labute approximate surface area is 153 Å². The van der Waals surface area contributed by atoms with Crippen LogP contribution >= 0.6 is 0 Å². The van der Waals surface area contributed by atoms with Crippen LogP contribution in [0.1, 0.15) is 24.5 Å². The zero-order chi connectivity index (χ0) is 18.7. The van der Waals surface area contributed by atoms with E-state index in [4.69, 9.17) is 0 Å². The zero-order valence-electron chi connectivity index (χ0n) is 15.0. The molecule has 1 atom stereocenters. The van der Waals surface area contributed by atoms with Crippen LogP contribution in [0.3, 0.4) is 0 Å². The standard InChI is InChI=1S/C21H22N2O3/c1-15-8-10-18(11-9-15)23-20(25)14-19(21(23)26)22(16(2)24)13-12-17-6-4-3-5-7-17/h3-11,19H,12-14H2,1-2H3. The number of hydrogen-bond acceptors (Lipinski definition) is 3. The Bertz CT molecular complexity index is 815. The van der Waals surface area contributed by atoms with Crippen LogP contribution in [-0.2, 0) is 20.8 Å². The molecule has 0 N–H and O–H groups in total. The maximum absolute atomic E-state index is 12.9. The Hall–Kier alpha value is -2.95. The van der Waals surface area contributed by atoms with Gasteiger partial charge in [0.25, 0.3) is 5.91 Å². The van der Waals surface area contributed by atoms with E-state index in [9.17, 15) is 14.4 Å². The fourth-order valence-electron chi connectivity index (χ4n) is 3.25. The van der Waals surface area contributed by atoms with Gasteiger partial charge in [-0.15, -0.1) is 0 Å². The lowest BCUT2D eigenvalue weighted by Gasteiger charge is -2.26. The number of aryl methyl sites for hydroxylation is 1. The summed E-state index contributed by atoms with van der Waals surface area (Å²) in [7, 11) is 0. The number of carbonyl (C=O) groups is 3. The summed E-state index contributed by atoms with van der Waals surface area (Å²) < 4.78 is 0. The number of imide groups is 1. The lowest BCUT2D eigenvalue weighted by atomic mass is 10.1. The van der Waals surface area contributed by atoms with Gasteiger partial charge in [0.05, 0.1) is 12.1 Å². The van der Waals surface area contributed by atoms with Gasteiger partial charge in [0.2, 0.25) is 11.8 Å². The van der Waals surface area contributed by atoms with Crippen LogP contribution in [0.15, 0.2) is 54.6 Å². The monoisotopic (exact) mass is 350 g/mol. The number of benzene rings is 2. The van der Waals surface area contributed by atoms with Crippen molar-refractivity contribution in [2.45, 2.75) is 32.7 Å². The van der Waals surface area contributed by atoms with Gasteiger partial charge >= 0.3 is 0 Å². The Morgan fingerprint density at radius 3 is 2.35 bits per heavy atom. The van der Waals surface area contributed by atoms with E-state index in [0.717, 1.165) is 11.1 Å². The summed E-state index contributed by atoms with van der Waals surface area (Å²) in [6.45, 7) is 3.79. The van der Waals surface area contributed by atoms with Crippen molar-refractivity contribution in [1.29, 1.82) is 0 Å². The molecule has 0 aliphatic carbocycles. The molecular formula is C21H22N2O3. The normalized spacial score (nSPS) is 16.8. The Morgan fingerprint density at radius 1 is 1.08 bits per heavy atom. The van der Waals surface area contributed by atoms with Gasteiger partial charge < -0.3 is 4.90 Å². The van der Waals surface area contributed by atoms with Crippen molar-refractivity contribution in [3.05, 3.63) is 65.7 Å². The van der Waals surface area contributed by atoms with Gasteiger partial charge in [0, 0.05) is 13.5 Å². The molecule has 1 aliphatic heterocycles. The number of hydrogen-bond donors (Lipinski definition) is 0. The molecule has 1 fully saturated rings. The molecule has 26 heavy (non-hydrogen) atoms. The predicted octanol–water partition coefficient (Wildman–Crippen LogP) is 2.72. The average molecular weight is 350 g/mol. The summed E-state index contributed by atoms with van der Waals surface area (Å²) in [4.78, 5) is 40.2. The summed E-state index contributed by atoms with van der Waals surface area (Å²) >= 11 is 0. The van der Waals surface area contributed by atoms with Crippen molar-refractivity contribution in [1.82, 2.24) is 4.90 Å². The fourth-order valence-corrected chi connectivity index (χ4v) is 3.25. The SMILES string of the molecule is CC(=O)N(CCc1ccccc1)C1CC(=O)N(c2ccc(C)cc2)C1=O. The molecule has 0 spiro atoms. The number of rotatable bonds is 5. The van der Waals surface area contributed by atoms with Crippen LogP contribution in [0.5, 0.6) is 0 Å². The maximum atomic E-state index is 12.9. The molecule has 1 unspecified atom stereocenters. The molecule has 5 nitrogen and oxygen atoms in total. The van der Waals surface area contributed by atoms with E-state index >= 15 is 0 Å². The second-order valence-electron chi connectivity index (χ2n) is 6.57. The minimum Gasteiger partial charge on any atom is -0.330 e. The summed E-state index contributed by atoms with van der Waals surface area (Å²) in [5.74, 6) is -0.797. The minimum absolute atomic E-state index is 0.0288. The van der Waals surface area contributed by atoms with Gasteiger partial charge in [-0.25, -0.2) is 4.90 Å². The number of amides is 3. The third kappa shape index (κ3) is 3.67. The smallest absolute Gasteiger partial charge is 0.257 e. The second kappa shape index (κ2) is 7.52. The molecule has 0 saturated carbocycles. The first kappa shape index (κ1) is 17.9. The van der Waals surface area contributed by atoms with Crippen LogP contribution < -0.4 is 4.90 Å². The van der Waals surface area contributed by atoms with E-state index in [-0.39, 0.29) is 24.1 Å². The van der Waals surface area contributed by atoms with Crippen molar-refractivity contribution < 1.29 is 14.4 Å². The van der Waals surface area contributed by atoms with E-state index in [1.807, 2.05) is 49.4 Å². The highest BCUT2D eigenvalue weighted by molar-refractivity contribution is 6.22. The van der Waals surface area contributed by atoms with Gasteiger partial charge in [0.15, 0.2) is 0 Å². The largest absolute Gasteiger partial charge is 0.330 e. The average Bonchev–Trinajstić information content (AvgIpc) is 2.91.